The van der Waals surface area contributed by atoms with Crippen LogP contribution >= 0.6 is 11.6 Å². The van der Waals surface area contributed by atoms with Gasteiger partial charge < -0.3 is 19.7 Å². The lowest BCUT2D eigenvalue weighted by molar-refractivity contribution is -0.136. The average Bonchev–Trinajstić information content (AvgIpc) is 2.89. The van der Waals surface area contributed by atoms with E-state index in [1.165, 1.54) is 0 Å². The summed E-state index contributed by atoms with van der Waals surface area (Å²) in [6.07, 6.45) is -0.192. The molecule has 3 unspecified atom stereocenters. The highest BCUT2D eigenvalue weighted by Gasteiger charge is 2.29. The number of aliphatic hydroxyl groups is 1. The lowest BCUT2D eigenvalue weighted by atomic mass is 9.94. The Morgan fingerprint density at radius 1 is 1.08 bits per heavy atom. The SMILES string of the molecule is CCOc1ccc(Cc2cc(C3CC(O)C(C)=C(CS(=O)c4ccc(CC(=O)O)cc4)O3)ccc2Cl)cc1. The third-order valence-electron chi connectivity index (χ3n) is 6.54. The highest BCUT2D eigenvalue weighted by molar-refractivity contribution is 7.85. The molecule has 0 saturated heterocycles. The van der Waals surface area contributed by atoms with Crippen molar-refractivity contribution >= 4 is 28.4 Å². The third kappa shape index (κ3) is 7.04. The van der Waals surface area contributed by atoms with Crippen molar-refractivity contribution in [2.45, 2.75) is 50.2 Å². The Bertz CT molecular complexity index is 1330. The normalized spacial score (nSPS) is 18.1. The molecule has 4 rings (SSSR count). The van der Waals surface area contributed by atoms with Crippen molar-refractivity contribution in [3.63, 3.8) is 0 Å². The number of aliphatic carboxylic acids is 1. The highest BCUT2D eigenvalue weighted by Crippen LogP contribution is 2.36. The summed E-state index contributed by atoms with van der Waals surface area (Å²) in [7, 11) is -1.42. The predicted molar refractivity (Wildman–Crippen MR) is 148 cm³/mol. The van der Waals surface area contributed by atoms with Crippen LogP contribution in [0.1, 0.15) is 48.6 Å². The summed E-state index contributed by atoms with van der Waals surface area (Å²) in [4.78, 5) is 11.5. The zero-order valence-corrected chi connectivity index (χ0v) is 22.9. The largest absolute Gasteiger partial charge is 0.494 e. The second kappa shape index (κ2) is 12.6. The molecule has 1 aliphatic heterocycles. The molecular formula is C30H31ClO6S. The number of ether oxygens (including phenoxy) is 2. The van der Waals surface area contributed by atoms with Gasteiger partial charge in [0, 0.05) is 16.3 Å². The number of aliphatic hydroxyl groups excluding tert-OH is 1. The summed E-state index contributed by atoms with van der Waals surface area (Å²) in [5.74, 6) is 0.526. The standard InChI is InChI=1S/C30H31ClO6S/c1-3-36-24-9-4-20(5-10-24)14-23-16-22(8-13-26(23)31)28-17-27(32)19(2)29(37-28)18-38(35)25-11-6-21(7-12-25)15-30(33)34/h4-13,16,27-28,32H,3,14-15,17-18H2,1-2H3,(H,33,34). The fourth-order valence-corrected chi connectivity index (χ4v) is 5.71. The molecule has 3 atom stereocenters. The van der Waals surface area contributed by atoms with Crippen molar-refractivity contribution in [2.75, 3.05) is 12.4 Å². The summed E-state index contributed by atoms with van der Waals surface area (Å²) in [5, 5.41) is 20.4. The van der Waals surface area contributed by atoms with Crippen LogP contribution in [0, 0.1) is 0 Å². The number of carboxylic acids is 1. The average molecular weight is 555 g/mol. The van der Waals surface area contributed by atoms with Crippen LogP contribution in [0.15, 0.2) is 83.0 Å². The number of rotatable bonds is 10. The number of hydrogen-bond donors (Lipinski definition) is 2. The molecule has 0 radical (unpaired) electrons. The van der Waals surface area contributed by atoms with Crippen molar-refractivity contribution in [3.05, 3.63) is 105 Å². The van der Waals surface area contributed by atoms with Gasteiger partial charge in [-0.3, -0.25) is 9.00 Å². The maximum atomic E-state index is 13.1. The Morgan fingerprint density at radius 2 is 1.76 bits per heavy atom. The maximum Gasteiger partial charge on any atom is 0.307 e. The van der Waals surface area contributed by atoms with Gasteiger partial charge in [0.1, 0.15) is 17.6 Å². The van der Waals surface area contributed by atoms with Crippen LogP contribution in [-0.2, 0) is 33.2 Å². The quantitative estimate of drug-likeness (QED) is 0.326. The van der Waals surface area contributed by atoms with Crippen LogP contribution < -0.4 is 4.74 Å². The van der Waals surface area contributed by atoms with Crippen molar-refractivity contribution < 1.29 is 28.7 Å². The molecule has 1 heterocycles. The van der Waals surface area contributed by atoms with E-state index in [1.54, 1.807) is 31.2 Å². The van der Waals surface area contributed by atoms with E-state index < -0.39 is 29.0 Å². The van der Waals surface area contributed by atoms with Crippen molar-refractivity contribution in [1.82, 2.24) is 0 Å². The second-order valence-corrected chi connectivity index (χ2v) is 11.1. The van der Waals surface area contributed by atoms with Crippen molar-refractivity contribution in [3.8, 4) is 5.75 Å². The molecule has 200 valence electrons. The number of halogens is 1. The lowest BCUT2D eigenvalue weighted by Crippen LogP contribution is -2.25. The van der Waals surface area contributed by atoms with E-state index in [0.717, 1.165) is 22.4 Å². The van der Waals surface area contributed by atoms with Gasteiger partial charge in [0.05, 0.1) is 35.7 Å². The van der Waals surface area contributed by atoms with Gasteiger partial charge >= 0.3 is 5.97 Å². The van der Waals surface area contributed by atoms with Gasteiger partial charge in [0.15, 0.2) is 0 Å². The summed E-state index contributed by atoms with van der Waals surface area (Å²) in [6, 6.07) is 20.4. The molecule has 0 aliphatic carbocycles. The van der Waals surface area contributed by atoms with E-state index >= 15 is 0 Å². The molecule has 6 nitrogen and oxygen atoms in total. The van der Waals surface area contributed by atoms with Crippen LogP contribution in [0.5, 0.6) is 5.75 Å². The molecule has 8 heteroatoms. The maximum absolute atomic E-state index is 13.1. The van der Waals surface area contributed by atoms with E-state index in [1.807, 2.05) is 49.4 Å². The topological polar surface area (TPSA) is 93.1 Å². The first-order chi connectivity index (χ1) is 18.2. The molecule has 0 fully saturated rings. The summed E-state index contributed by atoms with van der Waals surface area (Å²) < 4.78 is 24.9. The van der Waals surface area contributed by atoms with Crippen LogP contribution in [0.2, 0.25) is 5.02 Å². The van der Waals surface area contributed by atoms with Crippen molar-refractivity contribution in [1.29, 1.82) is 0 Å². The molecule has 1 aliphatic rings. The van der Waals surface area contributed by atoms with Gasteiger partial charge in [-0.15, -0.1) is 0 Å². The minimum atomic E-state index is -1.42. The Labute approximate surface area is 230 Å². The van der Waals surface area contributed by atoms with Gasteiger partial charge in [-0.25, -0.2) is 0 Å². The smallest absolute Gasteiger partial charge is 0.307 e. The van der Waals surface area contributed by atoms with Gasteiger partial charge in [-0.1, -0.05) is 48.0 Å². The fraction of sp³-hybridized carbons (Fsp3) is 0.300. The van der Waals surface area contributed by atoms with Crippen LogP contribution in [0.4, 0.5) is 0 Å². The molecule has 0 spiro atoms. The number of carboxylic acid groups (broad SMARTS) is 1. The Morgan fingerprint density at radius 3 is 2.42 bits per heavy atom. The molecule has 0 amide bonds. The molecule has 2 N–H and O–H groups in total. The minimum Gasteiger partial charge on any atom is -0.494 e. The summed E-state index contributed by atoms with van der Waals surface area (Å²) in [5.41, 5.74) is 4.24. The lowest BCUT2D eigenvalue weighted by Gasteiger charge is -2.31. The summed E-state index contributed by atoms with van der Waals surface area (Å²) >= 11 is 6.53. The van der Waals surface area contributed by atoms with E-state index in [4.69, 9.17) is 26.2 Å². The van der Waals surface area contributed by atoms with Gasteiger partial charge in [0.2, 0.25) is 0 Å². The Balaban J connectivity index is 1.48. The molecule has 3 aromatic carbocycles. The number of benzene rings is 3. The molecule has 3 aromatic rings. The highest BCUT2D eigenvalue weighted by atomic mass is 35.5. The first kappa shape index (κ1) is 27.9. The van der Waals surface area contributed by atoms with Crippen LogP contribution in [0.25, 0.3) is 0 Å². The first-order valence-electron chi connectivity index (χ1n) is 12.5. The number of hydrogen-bond acceptors (Lipinski definition) is 5. The van der Waals surface area contributed by atoms with E-state index in [9.17, 15) is 14.1 Å². The zero-order chi connectivity index (χ0) is 27.2. The molecule has 0 aromatic heterocycles. The van der Waals surface area contributed by atoms with E-state index in [-0.39, 0.29) is 12.2 Å². The Kier molecular flexibility index (Phi) is 9.26. The van der Waals surface area contributed by atoms with E-state index in [2.05, 4.69) is 0 Å². The van der Waals surface area contributed by atoms with Gasteiger partial charge in [-0.05, 0) is 78.4 Å². The molecular weight excluding hydrogens is 524 g/mol. The van der Waals surface area contributed by atoms with E-state index in [0.29, 0.717) is 46.3 Å². The minimum absolute atomic E-state index is 0.0875. The van der Waals surface area contributed by atoms with Gasteiger partial charge in [0.25, 0.3) is 0 Å². The van der Waals surface area contributed by atoms with Gasteiger partial charge in [-0.2, -0.15) is 0 Å². The fourth-order valence-electron chi connectivity index (χ4n) is 4.39. The molecule has 0 saturated carbocycles. The Hall–Kier alpha value is -3.13. The second-order valence-electron chi connectivity index (χ2n) is 9.27. The van der Waals surface area contributed by atoms with Crippen LogP contribution in [0.3, 0.4) is 0 Å². The monoisotopic (exact) mass is 554 g/mol. The zero-order valence-electron chi connectivity index (χ0n) is 21.4. The number of carbonyl (C=O) groups is 1. The predicted octanol–water partition coefficient (Wildman–Crippen LogP) is 5.86. The van der Waals surface area contributed by atoms with Crippen LogP contribution in [-0.4, -0.2) is 38.9 Å². The first-order valence-corrected chi connectivity index (χ1v) is 14.2. The molecule has 0 bridgehead atoms. The third-order valence-corrected chi connectivity index (χ3v) is 8.23. The summed E-state index contributed by atoms with van der Waals surface area (Å²) in [6.45, 7) is 4.36. The molecule has 38 heavy (non-hydrogen) atoms. The van der Waals surface area contributed by atoms with Crippen molar-refractivity contribution in [2.24, 2.45) is 0 Å².